The van der Waals surface area contributed by atoms with Gasteiger partial charge in [-0.25, -0.2) is 0 Å². The zero-order chi connectivity index (χ0) is 9.14. The van der Waals surface area contributed by atoms with E-state index in [1.54, 1.807) is 0 Å². The highest BCUT2D eigenvalue weighted by Crippen LogP contribution is 2.12. The summed E-state index contributed by atoms with van der Waals surface area (Å²) in [4.78, 5) is 31.7. The molecule has 0 amide bonds. The first-order valence-corrected chi connectivity index (χ1v) is 3.27. The summed E-state index contributed by atoms with van der Waals surface area (Å²) in [7, 11) is 0. The van der Waals surface area contributed by atoms with Crippen LogP contribution in [0.3, 0.4) is 0 Å². The van der Waals surface area contributed by atoms with E-state index >= 15 is 0 Å². The summed E-state index contributed by atoms with van der Waals surface area (Å²) in [5, 5.41) is 8.51. The predicted molar refractivity (Wildman–Crippen MR) is 39.4 cm³/mol. The summed E-state index contributed by atoms with van der Waals surface area (Å²) in [5.41, 5.74) is -0.0927. The number of allylic oxidation sites excluding steroid dienone is 3. The van der Waals surface area contributed by atoms with Gasteiger partial charge in [-0.05, 0) is 6.08 Å². The first-order valence-electron chi connectivity index (χ1n) is 3.27. The maximum absolute atomic E-state index is 11.1. The van der Waals surface area contributed by atoms with E-state index in [1.807, 2.05) is 0 Å². The van der Waals surface area contributed by atoms with Gasteiger partial charge < -0.3 is 5.11 Å². The Morgan fingerprint density at radius 1 is 1.58 bits per heavy atom. The van der Waals surface area contributed by atoms with E-state index in [2.05, 4.69) is 0 Å². The van der Waals surface area contributed by atoms with Gasteiger partial charge in [0, 0.05) is 0 Å². The minimum atomic E-state index is -1.23. The summed E-state index contributed by atoms with van der Waals surface area (Å²) in [5.74, 6) is -3.08. The molecule has 0 aromatic rings. The van der Waals surface area contributed by atoms with Crippen molar-refractivity contribution in [1.29, 1.82) is 0 Å². The van der Waals surface area contributed by atoms with Gasteiger partial charge in [0.1, 0.15) is 5.92 Å². The molecule has 1 rings (SSSR count). The summed E-state index contributed by atoms with van der Waals surface area (Å²) in [6, 6.07) is 0. The van der Waals surface area contributed by atoms with Crippen LogP contribution in [-0.2, 0) is 14.4 Å². The Balaban J connectivity index is 2.95. The van der Waals surface area contributed by atoms with Gasteiger partial charge in [0.2, 0.25) is 0 Å². The molecule has 62 valence electrons. The second-order valence-electron chi connectivity index (χ2n) is 2.30. The third-order valence-corrected chi connectivity index (χ3v) is 1.54. The Morgan fingerprint density at radius 2 is 2.25 bits per heavy atom. The predicted octanol–water partition coefficient (Wildman–Crippen LogP) is -0.0486. The van der Waals surface area contributed by atoms with Gasteiger partial charge in [0.15, 0.2) is 12.1 Å². The molecule has 0 saturated carbocycles. The zero-order valence-corrected chi connectivity index (χ0v) is 6.06. The molecule has 1 aliphatic carbocycles. The second kappa shape index (κ2) is 3.13. The molecule has 1 aliphatic rings. The molecule has 0 radical (unpaired) electrons. The molecule has 1 N–H and O–H groups in total. The van der Waals surface area contributed by atoms with Crippen LogP contribution >= 0.6 is 0 Å². The number of carbonyl (C=O) groups excluding carboxylic acids is 2. The van der Waals surface area contributed by atoms with Gasteiger partial charge in [-0.15, -0.1) is 0 Å². The molecular formula is C8H6O4. The van der Waals surface area contributed by atoms with E-state index in [0.717, 1.165) is 0 Å². The van der Waals surface area contributed by atoms with Crippen LogP contribution < -0.4 is 0 Å². The van der Waals surface area contributed by atoms with Gasteiger partial charge in [0.25, 0.3) is 0 Å². The monoisotopic (exact) mass is 166 g/mol. The number of Topliss-reactive ketones (excluding diaryl/α,β-unsaturated/α-hetero) is 1. The summed E-state index contributed by atoms with van der Waals surface area (Å²) in [6.45, 7) is 0. The Labute approximate surface area is 68.2 Å². The highest BCUT2D eigenvalue weighted by molar-refractivity contribution is 6.20. The Bertz CT molecular complexity index is 298. The number of aliphatic carboxylic acids is 1. The van der Waals surface area contributed by atoms with E-state index in [-0.39, 0.29) is 5.57 Å². The van der Waals surface area contributed by atoms with Crippen molar-refractivity contribution in [2.75, 3.05) is 0 Å². The third-order valence-electron chi connectivity index (χ3n) is 1.54. The van der Waals surface area contributed by atoms with E-state index in [9.17, 15) is 14.4 Å². The fourth-order valence-electron chi connectivity index (χ4n) is 0.911. The topological polar surface area (TPSA) is 71.4 Å². The van der Waals surface area contributed by atoms with Crippen molar-refractivity contribution in [3.05, 3.63) is 23.8 Å². The molecule has 0 saturated heterocycles. The molecular weight excluding hydrogens is 160 g/mol. The highest BCUT2D eigenvalue weighted by atomic mass is 16.4. The van der Waals surface area contributed by atoms with Crippen LogP contribution in [0, 0.1) is 5.92 Å². The maximum Gasteiger partial charge on any atom is 0.318 e. The fraction of sp³-hybridized carbons (Fsp3) is 0.125. The van der Waals surface area contributed by atoms with Crippen molar-refractivity contribution in [2.24, 2.45) is 5.92 Å². The van der Waals surface area contributed by atoms with Crippen LogP contribution in [0.2, 0.25) is 0 Å². The molecule has 1 atom stereocenters. The molecule has 1 unspecified atom stereocenters. The molecule has 4 heteroatoms. The average Bonchev–Trinajstić information content (AvgIpc) is 2.04. The SMILES string of the molecule is O=CC1=CC=CC(C(=O)O)C1=O. The van der Waals surface area contributed by atoms with Crippen molar-refractivity contribution in [3.8, 4) is 0 Å². The number of hydrogen-bond acceptors (Lipinski definition) is 3. The standard InChI is InChI=1S/C8H6O4/c9-4-5-2-1-3-6(7(5)10)8(11)12/h1-4,6H,(H,11,12). The molecule has 4 nitrogen and oxygen atoms in total. The molecule has 0 bridgehead atoms. The lowest BCUT2D eigenvalue weighted by molar-refractivity contribution is -0.143. The van der Waals surface area contributed by atoms with Crippen LogP contribution in [0.5, 0.6) is 0 Å². The number of hydrogen-bond donors (Lipinski definition) is 1. The summed E-state index contributed by atoms with van der Waals surface area (Å²) < 4.78 is 0. The second-order valence-corrected chi connectivity index (χ2v) is 2.30. The van der Waals surface area contributed by atoms with Gasteiger partial charge in [-0.3, -0.25) is 14.4 Å². The van der Waals surface area contributed by atoms with Crippen molar-refractivity contribution < 1.29 is 19.5 Å². The summed E-state index contributed by atoms with van der Waals surface area (Å²) >= 11 is 0. The molecule has 0 spiro atoms. The largest absolute Gasteiger partial charge is 0.480 e. The normalized spacial score (nSPS) is 21.8. The average molecular weight is 166 g/mol. The number of rotatable bonds is 2. The number of carboxylic acid groups (broad SMARTS) is 1. The number of ketones is 1. The van der Waals surface area contributed by atoms with Crippen LogP contribution in [0.4, 0.5) is 0 Å². The lowest BCUT2D eigenvalue weighted by Crippen LogP contribution is -2.25. The third kappa shape index (κ3) is 1.32. The smallest absolute Gasteiger partial charge is 0.318 e. The Hall–Kier alpha value is -1.71. The Morgan fingerprint density at radius 3 is 2.75 bits per heavy atom. The molecule has 0 aromatic carbocycles. The lowest BCUT2D eigenvalue weighted by Gasteiger charge is -2.08. The van der Waals surface area contributed by atoms with E-state index in [1.165, 1.54) is 18.2 Å². The fourth-order valence-corrected chi connectivity index (χ4v) is 0.911. The number of carboxylic acids is 1. The van der Waals surface area contributed by atoms with Crippen LogP contribution in [0.15, 0.2) is 23.8 Å². The first-order chi connectivity index (χ1) is 5.66. The molecule has 0 fully saturated rings. The Kier molecular flexibility index (Phi) is 2.19. The van der Waals surface area contributed by atoms with E-state index < -0.39 is 17.7 Å². The lowest BCUT2D eigenvalue weighted by atomic mass is 9.94. The summed E-state index contributed by atoms with van der Waals surface area (Å²) in [6.07, 6.45) is 4.30. The van der Waals surface area contributed by atoms with Crippen LogP contribution in [0.25, 0.3) is 0 Å². The highest BCUT2D eigenvalue weighted by Gasteiger charge is 2.27. The minimum Gasteiger partial charge on any atom is -0.480 e. The number of carbonyl (C=O) groups is 3. The van der Waals surface area contributed by atoms with E-state index in [0.29, 0.717) is 6.29 Å². The van der Waals surface area contributed by atoms with Crippen LogP contribution in [0.1, 0.15) is 0 Å². The molecule has 12 heavy (non-hydrogen) atoms. The van der Waals surface area contributed by atoms with Gasteiger partial charge in [-0.2, -0.15) is 0 Å². The molecule has 0 aliphatic heterocycles. The van der Waals surface area contributed by atoms with Crippen molar-refractivity contribution >= 4 is 18.0 Å². The van der Waals surface area contributed by atoms with Crippen LogP contribution in [-0.4, -0.2) is 23.1 Å². The maximum atomic E-state index is 11.1. The van der Waals surface area contributed by atoms with Crippen molar-refractivity contribution in [2.45, 2.75) is 0 Å². The molecule has 0 heterocycles. The minimum absolute atomic E-state index is 0.0927. The van der Waals surface area contributed by atoms with Gasteiger partial charge in [0.05, 0.1) is 5.57 Å². The first kappa shape index (κ1) is 8.39. The van der Waals surface area contributed by atoms with E-state index in [4.69, 9.17) is 5.11 Å². The quantitative estimate of drug-likeness (QED) is 0.354. The number of aldehydes is 1. The van der Waals surface area contributed by atoms with Crippen molar-refractivity contribution in [3.63, 3.8) is 0 Å². The van der Waals surface area contributed by atoms with Gasteiger partial charge in [-0.1, -0.05) is 12.2 Å². The zero-order valence-electron chi connectivity index (χ0n) is 6.06. The van der Waals surface area contributed by atoms with Gasteiger partial charge >= 0.3 is 5.97 Å². The molecule has 0 aromatic heterocycles. The van der Waals surface area contributed by atoms with Crippen molar-refractivity contribution in [1.82, 2.24) is 0 Å².